The summed E-state index contributed by atoms with van der Waals surface area (Å²) in [5.41, 5.74) is 3.85. The van der Waals surface area contributed by atoms with E-state index in [1.807, 2.05) is 30.3 Å². The van der Waals surface area contributed by atoms with Crippen molar-refractivity contribution in [1.29, 1.82) is 0 Å². The van der Waals surface area contributed by atoms with Crippen LogP contribution in [0.5, 0.6) is 0 Å². The van der Waals surface area contributed by atoms with Gasteiger partial charge in [-0.05, 0) is 78.9 Å². The summed E-state index contributed by atoms with van der Waals surface area (Å²) in [5.74, 6) is -1.21. The van der Waals surface area contributed by atoms with Crippen LogP contribution in [0.4, 0.5) is 10.1 Å². The van der Waals surface area contributed by atoms with Gasteiger partial charge >= 0.3 is 0 Å². The van der Waals surface area contributed by atoms with Gasteiger partial charge in [0.25, 0.3) is 0 Å². The number of carbonyl (C=O) groups is 2. The number of hydrogen-bond donors (Lipinski definition) is 1. The van der Waals surface area contributed by atoms with E-state index in [1.165, 1.54) is 18.2 Å². The summed E-state index contributed by atoms with van der Waals surface area (Å²) in [4.78, 5) is 26.5. The number of furan rings is 1. The number of nitrogens with one attached hydrogen (secondary N) is 1. The molecule has 0 unspecified atom stereocenters. The molecule has 6 rings (SSSR count). The predicted molar refractivity (Wildman–Crippen MR) is 158 cm³/mol. The fourth-order valence-corrected chi connectivity index (χ4v) is 4.57. The Morgan fingerprint density at radius 3 is 2.34 bits per heavy atom. The van der Waals surface area contributed by atoms with Crippen molar-refractivity contribution in [1.82, 2.24) is 9.78 Å². The molecule has 0 radical (unpaired) electrons. The lowest BCUT2D eigenvalue weighted by Crippen LogP contribution is -2.11. The lowest BCUT2D eigenvalue weighted by atomic mass is 10.1. The number of amides is 1. The lowest BCUT2D eigenvalue weighted by Gasteiger charge is -2.04. The molecule has 0 saturated heterocycles. The average molecular weight is 562 g/mol. The number of ketones is 1. The molecule has 0 aliphatic carbocycles. The number of nitrogens with zero attached hydrogens (tertiary/aromatic N) is 2. The number of halogens is 2. The maximum absolute atomic E-state index is 13.6. The molecule has 1 N–H and O–H groups in total. The van der Waals surface area contributed by atoms with E-state index in [-0.39, 0.29) is 23.0 Å². The zero-order valence-electron chi connectivity index (χ0n) is 21.4. The normalized spacial score (nSPS) is 11.3. The van der Waals surface area contributed by atoms with Crippen molar-refractivity contribution >= 4 is 46.0 Å². The zero-order valence-corrected chi connectivity index (χ0v) is 22.2. The summed E-state index contributed by atoms with van der Waals surface area (Å²) in [6.45, 7) is 0. The topological polar surface area (TPSA) is 77.1 Å². The van der Waals surface area contributed by atoms with E-state index in [2.05, 4.69) is 5.32 Å². The van der Waals surface area contributed by atoms with E-state index in [4.69, 9.17) is 21.1 Å². The molecular weight excluding hydrogens is 541 g/mol. The van der Waals surface area contributed by atoms with Gasteiger partial charge in [-0.25, -0.2) is 9.07 Å². The average Bonchev–Trinajstić information content (AvgIpc) is 3.59. The van der Waals surface area contributed by atoms with Gasteiger partial charge in [0.05, 0.1) is 17.1 Å². The monoisotopic (exact) mass is 561 g/mol. The predicted octanol–water partition coefficient (Wildman–Crippen LogP) is 7.96. The lowest BCUT2D eigenvalue weighted by molar-refractivity contribution is -0.111. The highest BCUT2D eigenvalue weighted by molar-refractivity contribution is 6.30. The molecule has 6 aromatic rings. The van der Waals surface area contributed by atoms with Gasteiger partial charge in [-0.15, -0.1) is 0 Å². The molecule has 0 fully saturated rings. The van der Waals surface area contributed by atoms with Crippen LogP contribution < -0.4 is 5.32 Å². The first kappa shape index (κ1) is 26.0. The Labute approximate surface area is 239 Å². The maximum Gasteiger partial charge on any atom is 0.248 e. The van der Waals surface area contributed by atoms with Crippen LogP contribution >= 0.6 is 11.6 Å². The number of benzene rings is 4. The molecule has 0 saturated carbocycles. The summed E-state index contributed by atoms with van der Waals surface area (Å²) in [5, 5.41) is 8.62. The molecule has 0 aliphatic heterocycles. The second kappa shape index (κ2) is 11.1. The maximum atomic E-state index is 13.6. The van der Waals surface area contributed by atoms with Gasteiger partial charge in [0, 0.05) is 39.4 Å². The Bertz CT molecular complexity index is 1910. The number of para-hydroxylation sites is 2. The SMILES string of the molecule is O=C(/C=C/c1cn(-c2ccccc2)nc1-c1ccc(F)cc1)Nc1c(C(=O)c2ccc(Cl)cc2)oc2ccccc12. The molecule has 2 aromatic heterocycles. The number of anilines is 1. The van der Waals surface area contributed by atoms with Crippen molar-refractivity contribution in [2.45, 2.75) is 0 Å². The Morgan fingerprint density at radius 1 is 0.878 bits per heavy atom. The smallest absolute Gasteiger partial charge is 0.248 e. The molecular formula is C33H21ClFN3O3. The number of carbonyl (C=O) groups excluding carboxylic acids is 2. The van der Waals surface area contributed by atoms with Crippen LogP contribution in [0.2, 0.25) is 5.02 Å². The quantitative estimate of drug-likeness (QED) is 0.158. The minimum Gasteiger partial charge on any atom is -0.450 e. The second-order valence-corrected chi connectivity index (χ2v) is 9.62. The molecule has 200 valence electrons. The second-order valence-electron chi connectivity index (χ2n) is 9.18. The van der Waals surface area contributed by atoms with Crippen molar-refractivity contribution < 1.29 is 18.4 Å². The van der Waals surface area contributed by atoms with Gasteiger partial charge in [-0.3, -0.25) is 9.59 Å². The van der Waals surface area contributed by atoms with Crippen LogP contribution in [0, 0.1) is 5.82 Å². The van der Waals surface area contributed by atoms with Gasteiger partial charge in [-0.1, -0.05) is 41.9 Å². The third-order valence-corrected chi connectivity index (χ3v) is 6.70. The Hall–Kier alpha value is -5.27. The molecule has 4 aromatic carbocycles. The highest BCUT2D eigenvalue weighted by Gasteiger charge is 2.23. The molecule has 1 amide bonds. The van der Waals surface area contributed by atoms with Gasteiger partial charge in [0.1, 0.15) is 11.4 Å². The van der Waals surface area contributed by atoms with Gasteiger partial charge < -0.3 is 9.73 Å². The highest BCUT2D eigenvalue weighted by atomic mass is 35.5. The minimum atomic E-state index is -0.473. The summed E-state index contributed by atoms with van der Waals surface area (Å²) in [7, 11) is 0. The van der Waals surface area contributed by atoms with Crippen molar-refractivity contribution in [2.75, 3.05) is 5.32 Å². The molecule has 6 nitrogen and oxygen atoms in total. The summed E-state index contributed by atoms with van der Waals surface area (Å²) < 4.78 is 21.2. The summed E-state index contributed by atoms with van der Waals surface area (Å²) in [6, 6.07) is 29.0. The molecule has 0 bridgehead atoms. The van der Waals surface area contributed by atoms with Crippen molar-refractivity contribution in [3.63, 3.8) is 0 Å². The summed E-state index contributed by atoms with van der Waals surface area (Å²) in [6.07, 6.45) is 4.78. The first-order valence-corrected chi connectivity index (χ1v) is 13.1. The van der Waals surface area contributed by atoms with Crippen molar-refractivity contribution in [2.24, 2.45) is 0 Å². The standard InChI is InChI=1S/C33H21ClFN3O3/c34-24-15-10-22(11-16-24)32(40)33-31(27-8-4-5-9-28(27)41-33)36-29(39)19-14-23-20-38(26-6-2-1-3-7-26)37-30(23)21-12-17-25(35)18-13-21/h1-20H,(H,36,39)/b19-14+. The Balaban J connectivity index is 1.34. The molecule has 8 heteroatoms. The van der Waals surface area contributed by atoms with E-state index >= 15 is 0 Å². The third-order valence-electron chi connectivity index (χ3n) is 6.45. The zero-order chi connectivity index (χ0) is 28.3. The number of aromatic nitrogens is 2. The third kappa shape index (κ3) is 5.44. The number of fused-ring (bicyclic) bond motifs is 1. The van der Waals surface area contributed by atoms with Crippen LogP contribution in [0.15, 0.2) is 120 Å². The number of hydrogen-bond acceptors (Lipinski definition) is 4. The van der Waals surface area contributed by atoms with E-state index in [9.17, 15) is 14.0 Å². The van der Waals surface area contributed by atoms with E-state index < -0.39 is 5.91 Å². The van der Waals surface area contributed by atoms with E-state index in [1.54, 1.807) is 77.6 Å². The van der Waals surface area contributed by atoms with Crippen molar-refractivity contribution in [3.8, 4) is 16.9 Å². The van der Waals surface area contributed by atoms with Crippen molar-refractivity contribution in [3.05, 3.63) is 143 Å². The molecule has 41 heavy (non-hydrogen) atoms. The van der Waals surface area contributed by atoms with Gasteiger partial charge in [0.15, 0.2) is 5.76 Å². The first-order chi connectivity index (χ1) is 20.0. The van der Waals surface area contributed by atoms with Gasteiger partial charge in [-0.2, -0.15) is 5.10 Å². The van der Waals surface area contributed by atoms with E-state index in [0.717, 1.165) is 5.69 Å². The Kier molecular flexibility index (Phi) is 7.02. The Morgan fingerprint density at radius 2 is 1.59 bits per heavy atom. The largest absolute Gasteiger partial charge is 0.450 e. The molecule has 0 atom stereocenters. The molecule has 0 aliphatic rings. The fourth-order valence-electron chi connectivity index (χ4n) is 4.45. The number of rotatable bonds is 7. The fraction of sp³-hybridized carbons (Fsp3) is 0. The van der Waals surface area contributed by atoms with E-state index in [0.29, 0.717) is 38.4 Å². The molecule has 0 spiro atoms. The molecule has 2 heterocycles. The van der Waals surface area contributed by atoms with Crippen LogP contribution in [-0.4, -0.2) is 21.5 Å². The first-order valence-electron chi connectivity index (χ1n) is 12.7. The minimum absolute atomic E-state index is 0.0131. The van der Waals surface area contributed by atoms with Crippen LogP contribution in [-0.2, 0) is 4.79 Å². The summed E-state index contributed by atoms with van der Waals surface area (Å²) >= 11 is 5.98. The van der Waals surface area contributed by atoms with Gasteiger partial charge in [0.2, 0.25) is 11.7 Å². The highest BCUT2D eigenvalue weighted by Crippen LogP contribution is 2.33. The van der Waals surface area contributed by atoms with Crippen LogP contribution in [0.25, 0.3) is 34.0 Å². The van der Waals surface area contributed by atoms with Crippen LogP contribution in [0.1, 0.15) is 21.7 Å². The van der Waals surface area contributed by atoms with Crippen LogP contribution in [0.3, 0.4) is 0 Å².